The molecule has 0 saturated heterocycles. The molecule has 124 valence electrons. The molecule has 3 atom stereocenters. The van der Waals surface area contributed by atoms with E-state index in [0.29, 0.717) is 6.54 Å². The Morgan fingerprint density at radius 2 is 1.95 bits per heavy atom. The van der Waals surface area contributed by atoms with Crippen LogP contribution in [0.4, 0.5) is 8.78 Å². The van der Waals surface area contributed by atoms with Crippen molar-refractivity contribution >= 4 is 18.3 Å². The number of carbonyl (C=O) groups is 1. The van der Waals surface area contributed by atoms with Crippen LogP contribution in [-0.2, 0) is 4.79 Å². The molecular weight excluding hydrogens is 310 g/mol. The standard InChI is InChI=1S/C16H22F2N2O.ClH/c1-10(15-13(17)7-4-8-14(15)18)20(2)16(21)12-6-3-5-11(12)9-19;/h4,7-8,10-12H,3,5-6,9,19H2,1-2H3;1H/t10?,11-,12-;/m1./s1. The van der Waals surface area contributed by atoms with Gasteiger partial charge in [0.1, 0.15) is 11.6 Å². The van der Waals surface area contributed by atoms with Gasteiger partial charge in [-0.25, -0.2) is 8.78 Å². The van der Waals surface area contributed by atoms with E-state index in [-0.39, 0.29) is 35.7 Å². The van der Waals surface area contributed by atoms with Gasteiger partial charge in [-0.3, -0.25) is 4.79 Å². The quantitative estimate of drug-likeness (QED) is 0.919. The lowest BCUT2D eigenvalue weighted by Gasteiger charge is -2.30. The van der Waals surface area contributed by atoms with Crippen LogP contribution < -0.4 is 5.73 Å². The Labute approximate surface area is 136 Å². The Morgan fingerprint density at radius 1 is 1.36 bits per heavy atom. The van der Waals surface area contributed by atoms with Crippen molar-refractivity contribution in [2.75, 3.05) is 13.6 Å². The van der Waals surface area contributed by atoms with Crippen molar-refractivity contribution in [2.24, 2.45) is 17.6 Å². The third kappa shape index (κ3) is 3.58. The first-order valence-electron chi connectivity index (χ1n) is 7.38. The van der Waals surface area contributed by atoms with E-state index in [1.54, 1.807) is 14.0 Å². The van der Waals surface area contributed by atoms with Crippen LogP contribution in [0, 0.1) is 23.5 Å². The highest BCUT2D eigenvalue weighted by Crippen LogP contribution is 2.34. The van der Waals surface area contributed by atoms with Crippen molar-refractivity contribution < 1.29 is 13.6 Å². The molecule has 1 aromatic rings. The molecule has 0 radical (unpaired) electrons. The number of nitrogens with zero attached hydrogens (tertiary/aromatic N) is 1. The lowest BCUT2D eigenvalue weighted by atomic mass is 9.93. The van der Waals surface area contributed by atoms with Gasteiger partial charge in [-0.05, 0) is 44.4 Å². The molecule has 2 rings (SSSR count). The Balaban J connectivity index is 0.00000242. The molecule has 2 N–H and O–H groups in total. The summed E-state index contributed by atoms with van der Waals surface area (Å²) in [5.74, 6) is -1.26. The Morgan fingerprint density at radius 3 is 2.50 bits per heavy atom. The number of hydrogen-bond acceptors (Lipinski definition) is 2. The minimum Gasteiger partial charge on any atom is -0.339 e. The van der Waals surface area contributed by atoms with E-state index < -0.39 is 17.7 Å². The Kier molecular flexibility index (Phi) is 6.75. The predicted molar refractivity (Wildman–Crippen MR) is 84.7 cm³/mol. The van der Waals surface area contributed by atoms with E-state index in [1.807, 2.05) is 0 Å². The molecule has 0 aromatic heterocycles. The summed E-state index contributed by atoms with van der Waals surface area (Å²) in [4.78, 5) is 14.0. The van der Waals surface area contributed by atoms with Gasteiger partial charge in [0, 0.05) is 18.5 Å². The lowest BCUT2D eigenvalue weighted by molar-refractivity contribution is -0.137. The van der Waals surface area contributed by atoms with Crippen LogP contribution in [0.2, 0.25) is 0 Å². The molecule has 1 aliphatic carbocycles. The van der Waals surface area contributed by atoms with Gasteiger partial charge in [-0.2, -0.15) is 0 Å². The van der Waals surface area contributed by atoms with Gasteiger partial charge in [-0.1, -0.05) is 12.5 Å². The van der Waals surface area contributed by atoms with Crippen LogP contribution in [0.3, 0.4) is 0 Å². The lowest BCUT2D eigenvalue weighted by Crippen LogP contribution is -2.38. The van der Waals surface area contributed by atoms with Gasteiger partial charge < -0.3 is 10.6 Å². The summed E-state index contributed by atoms with van der Waals surface area (Å²) < 4.78 is 27.7. The number of nitrogens with two attached hydrogens (primary N) is 1. The molecule has 1 aromatic carbocycles. The topological polar surface area (TPSA) is 46.3 Å². The van der Waals surface area contributed by atoms with Gasteiger partial charge in [0.2, 0.25) is 5.91 Å². The SMILES string of the molecule is CC(c1c(F)cccc1F)N(C)C(=O)[C@@H]1CCC[C@@H]1CN.Cl. The van der Waals surface area contributed by atoms with Gasteiger partial charge >= 0.3 is 0 Å². The Hall–Kier alpha value is -1.20. The second-order valence-corrected chi connectivity index (χ2v) is 5.79. The second-order valence-electron chi connectivity index (χ2n) is 5.79. The maximum atomic E-state index is 13.8. The van der Waals surface area contributed by atoms with E-state index in [4.69, 9.17) is 5.73 Å². The van der Waals surface area contributed by atoms with E-state index in [9.17, 15) is 13.6 Å². The summed E-state index contributed by atoms with van der Waals surface area (Å²) in [5.41, 5.74) is 5.65. The van der Waals surface area contributed by atoms with Crippen molar-refractivity contribution in [3.8, 4) is 0 Å². The largest absolute Gasteiger partial charge is 0.339 e. The highest BCUT2D eigenvalue weighted by atomic mass is 35.5. The first kappa shape index (κ1) is 18.8. The molecule has 22 heavy (non-hydrogen) atoms. The molecule has 0 heterocycles. The average molecular weight is 333 g/mol. The van der Waals surface area contributed by atoms with Gasteiger partial charge in [-0.15, -0.1) is 12.4 Å². The normalized spacial score (nSPS) is 22.0. The fraction of sp³-hybridized carbons (Fsp3) is 0.562. The van der Waals surface area contributed by atoms with Gasteiger partial charge in [0.15, 0.2) is 0 Å². The second kappa shape index (κ2) is 7.88. The summed E-state index contributed by atoms with van der Waals surface area (Å²) in [6, 6.07) is 3.11. The summed E-state index contributed by atoms with van der Waals surface area (Å²) in [7, 11) is 1.60. The minimum atomic E-state index is -0.641. The fourth-order valence-electron chi connectivity index (χ4n) is 3.20. The van der Waals surface area contributed by atoms with E-state index >= 15 is 0 Å². The molecule has 0 aliphatic heterocycles. The Bertz CT molecular complexity index is 507. The van der Waals surface area contributed by atoms with Crippen molar-refractivity contribution in [2.45, 2.75) is 32.2 Å². The summed E-state index contributed by atoms with van der Waals surface area (Å²) in [6.45, 7) is 2.12. The maximum Gasteiger partial charge on any atom is 0.226 e. The zero-order valence-corrected chi connectivity index (χ0v) is 13.7. The summed E-state index contributed by atoms with van der Waals surface area (Å²) in [6.07, 6.45) is 2.73. The van der Waals surface area contributed by atoms with Crippen molar-refractivity contribution in [3.05, 3.63) is 35.4 Å². The van der Waals surface area contributed by atoms with E-state index in [0.717, 1.165) is 19.3 Å². The van der Waals surface area contributed by atoms with Crippen LogP contribution >= 0.6 is 12.4 Å². The first-order chi connectivity index (χ1) is 9.97. The van der Waals surface area contributed by atoms with Crippen molar-refractivity contribution in [3.63, 3.8) is 0 Å². The summed E-state index contributed by atoms with van der Waals surface area (Å²) >= 11 is 0. The van der Waals surface area contributed by atoms with Crippen LogP contribution in [-0.4, -0.2) is 24.4 Å². The fourth-order valence-corrected chi connectivity index (χ4v) is 3.20. The van der Waals surface area contributed by atoms with Crippen LogP contribution in [0.15, 0.2) is 18.2 Å². The average Bonchev–Trinajstić information content (AvgIpc) is 2.93. The number of amides is 1. The third-order valence-electron chi connectivity index (χ3n) is 4.63. The number of benzene rings is 1. The zero-order valence-electron chi connectivity index (χ0n) is 12.9. The molecule has 1 fully saturated rings. The molecule has 1 unspecified atom stereocenters. The summed E-state index contributed by atoms with van der Waals surface area (Å²) in [5, 5.41) is 0. The van der Waals surface area contributed by atoms with Gasteiger partial charge in [0.25, 0.3) is 0 Å². The third-order valence-corrected chi connectivity index (χ3v) is 4.63. The predicted octanol–water partition coefficient (Wildman–Crippen LogP) is 3.28. The van der Waals surface area contributed by atoms with Crippen LogP contribution in [0.1, 0.15) is 37.8 Å². The highest BCUT2D eigenvalue weighted by molar-refractivity contribution is 5.85. The molecule has 1 aliphatic rings. The van der Waals surface area contributed by atoms with E-state index in [1.165, 1.54) is 23.1 Å². The number of carbonyl (C=O) groups excluding carboxylic acids is 1. The molecule has 1 saturated carbocycles. The molecular formula is C16H23ClF2N2O. The van der Waals surface area contributed by atoms with E-state index in [2.05, 4.69) is 0 Å². The molecule has 3 nitrogen and oxygen atoms in total. The molecule has 0 spiro atoms. The van der Waals surface area contributed by atoms with Crippen LogP contribution in [0.25, 0.3) is 0 Å². The molecule has 0 bridgehead atoms. The number of halogens is 3. The first-order valence-corrected chi connectivity index (χ1v) is 7.38. The smallest absolute Gasteiger partial charge is 0.226 e. The van der Waals surface area contributed by atoms with Gasteiger partial charge in [0.05, 0.1) is 6.04 Å². The number of hydrogen-bond donors (Lipinski definition) is 1. The minimum absolute atomic E-state index is 0. The molecule has 6 heteroatoms. The van der Waals surface area contributed by atoms with Crippen molar-refractivity contribution in [1.82, 2.24) is 4.90 Å². The van der Waals surface area contributed by atoms with Crippen LogP contribution in [0.5, 0.6) is 0 Å². The molecule has 1 amide bonds. The highest BCUT2D eigenvalue weighted by Gasteiger charge is 2.35. The zero-order chi connectivity index (χ0) is 15.6. The monoisotopic (exact) mass is 332 g/mol. The maximum absolute atomic E-state index is 13.8. The number of rotatable bonds is 4. The van der Waals surface area contributed by atoms with Crippen molar-refractivity contribution in [1.29, 1.82) is 0 Å².